The first-order valence-electron chi connectivity index (χ1n) is 6.29. The van der Waals surface area contributed by atoms with Gasteiger partial charge in [0.05, 0.1) is 7.11 Å². The van der Waals surface area contributed by atoms with Crippen molar-refractivity contribution in [2.24, 2.45) is 0 Å². The summed E-state index contributed by atoms with van der Waals surface area (Å²) in [6.07, 6.45) is 0. The highest BCUT2D eigenvalue weighted by Gasteiger charge is 2.02. The Kier molecular flexibility index (Phi) is 4.84. The van der Waals surface area contributed by atoms with Crippen molar-refractivity contribution in [2.45, 2.75) is 0 Å². The topological polar surface area (TPSA) is 55.8 Å². The number of rotatable bonds is 4. The van der Waals surface area contributed by atoms with Crippen molar-refractivity contribution in [3.8, 4) is 29.1 Å². The Morgan fingerprint density at radius 2 is 1.95 bits per heavy atom. The normalized spacial score (nSPS) is 9.38. The molecule has 0 unspecified atom stereocenters. The fourth-order valence-electron chi connectivity index (χ4n) is 1.60. The average molecular weight is 282 g/mol. The number of methoxy groups -OCH3 is 1. The van der Waals surface area contributed by atoms with Gasteiger partial charge in [-0.2, -0.15) is 0 Å². The fraction of sp³-hybridized carbons (Fsp3) is 0.118. The molecule has 2 aromatic carbocycles. The van der Waals surface area contributed by atoms with Crippen LogP contribution in [0, 0.1) is 11.8 Å². The van der Waals surface area contributed by atoms with E-state index in [1.807, 2.05) is 18.2 Å². The molecule has 0 bridgehead atoms. The molecule has 2 aromatic rings. The standard InChI is InChI=1S/C17H14O4/c1-20-17-11-13(8-10-16(17)19)7-9-14(18)12-21-15-5-3-2-4-6-15/h2-6,8,10-11,19H,12H2,1H3. The number of hydrogen-bond acceptors (Lipinski definition) is 4. The molecule has 106 valence electrons. The van der Waals surface area contributed by atoms with Crippen LogP contribution in [0.1, 0.15) is 5.56 Å². The Morgan fingerprint density at radius 1 is 1.19 bits per heavy atom. The molecule has 0 aliphatic carbocycles. The van der Waals surface area contributed by atoms with E-state index in [0.717, 1.165) is 0 Å². The van der Waals surface area contributed by atoms with E-state index in [4.69, 9.17) is 9.47 Å². The van der Waals surface area contributed by atoms with Gasteiger partial charge in [0.25, 0.3) is 0 Å². The van der Waals surface area contributed by atoms with E-state index in [1.165, 1.54) is 13.2 Å². The van der Waals surface area contributed by atoms with E-state index >= 15 is 0 Å². The summed E-state index contributed by atoms with van der Waals surface area (Å²) in [6.45, 7) is -0.105. The third kappa shape index (κ3) is 4.29. The highest BCUT2D eigenvalue weighted by Crippen LogP contribution is 2.25. The summed E-state index contributed by atoms with van der Waals surface area (Å²) in [7, 11) is 1.45. The van der Waals surface area contributed by atoms with Crippen molar-refractivity contribution in [1.82, 2.24) is 0 Å². The van der Waals surface area contributed by atoms with Gasteiger partial charge in [-0.05, 0) is 36.3 Å². The van der Waals surface area contributed by atoms with Crippen molar-refractivity contribution in [2.75, 3.05) is 13.7 Å². The van der Waals surface area contributed by atoms with Crippen LogP contribution in [-0.4, -0.2) is 24.6 Å². The molecule has 4 nitrogen and oxygen atoms in total. The predicted molar refractivity (Wildman–Crippen MR) is 78.5 cm³/mol. The number of aromatic hydroxyl groups is 1. The van der Waals surface area contributed by atoms with Crippen molar-refractivity contribution in [3.05, 3.63) is 54.1 Å². The van der Waals surface area contributed by atoms with Crippen molar-refractivity contribution >= 4 is 5.78 Å². The minimum atomic E-state index is -0.328. The summed E-state index contributed by atoms with van der Waals surface area (Å²) in [5.74, 6) is 5.84. The van der Waals surface area contributed by atoms with Crippen LogP contribution in [0.2, 0.25) is 0 Å². The van der Waals surface area contributed by atoms with Crippen molar-refractivity contribution < 1.29 is 19.4 Å². The van der Waals surface area contributed by atoms with E-state index in [2.05, 4.69) is 11.8 Å². The van der Waals surface area contributed by atoms with Crippen molar-refractivity contribution in [3.63, 3.8) is 0 Å². The SMILES string of the molecule is COc1cc(C#CC(=O)COc2ccccc2)ccc1O. The predicted octanol–water partition coefficient (Wildman–Crippen LogP) is 2.40. The van der Waals surface area contributed by atoms with Crippen LogP contribution in [0.25, 0.3) is 0 Å². The van der Waals surface area contributed by atoms with Gasteiger partial charge in [-0.25, -0.2) is 0 Å². The van der Waals surface area contributed by atoms with Gasteiger partial charge in [0.2, 0.25) is 5.78 Å². The van der Waals surface area contributed by atoms with Crippen LogP contribution < -0.4 is 9.47 Å². The van der Waals surface area contributed by atoms with Crippen molar-refractivity contribution in [1.29, 1.82) is 0 Å². The largest absolute Gasteiger partial charge is 0.504 e. The van der Waals surface area contributed by atoms with Crippen LogP contribution in [0.3, 0.4) is 0 Å². The zero-order chi connectivity index (χ0) is 15.1. The average Bonchev–Trinajstić information content (AvgIpc) is 2.53. The lowest BCUT2D eigenvalue weighted by Crippen LogP contribution is -2.08. The second-order valence-electron chi connectivity index (χ2n) is 4.16. The van der Waals surface area contributed by atoms with Gasteiger partial charge in [0.15, 0.2) is 18.1 Å². The molecule has 0 aliphatic rings. The molecule has 0 fully saturated rings. The minimum absolute atomic E-state index is 0.0294. The highest BCUT2D eigenvalue weighted by atomic mass is 16.5. The molecule has 0 spiro atoms. The molecule has 0 radical (unpaired) electrons. The molecule has 4 heteroatoms. The van der Waals surface area contributed by atoms with Gasteiger partial charge in [-0.3, -0.25) is 4.79 Å². The maximum atomic E-state index is 11.6. The molecule has 0 saturated carbocycles. The van der Waals surface area contributed by atoms with E-state index in [9.17, 15) is 9.90 Å². The minimum Gasteiger partial charge on any atom is -0.504 e. The molecule has 0 atom stereocenters. The van der Waals surface area contributed by atoms with Gasteiger partial charge in [-0.15, -0.1) is 0 Å². The molecule has 0 saturated heterocycles. The molecule has 0 amide bonds. The Labute approximate surface area is 122 Å². The van der Waals surface area contributed by atoms with Gasteiger partial charge < -0.3 is 14.6 Å². The molecular formula is C17H14O4. The lowest BCUT2D eigenvalue weighted by Gasteiger charge is -2.02. The summed E-state index contributed by atoms with van der Waals surface area (Å²) in [4.78, 5) is 11.6. The zero-order valence-corrected chi connectivity index (χ0v) is 11.5. The number of ether oxygens (including phenoxy) is 2. The van der Waals surface area contributed by atoms with Gasteiger partial charge in [-0.1, -0.05) is 24.1 Å². The second kappa shape index (κ2) is 7.01. The number of para-hydroxylation sites is 1. The monoisotopic (exact) mass is 282 g/mol. The number of ketones is 1. The number of Topliss-reactive ketones (excluding diaryl/α,β-unsaturated/α-hetero) is 1. The molecule has 2 rings (SSSR count). The number of hydrogen-bond donors (Lipinski definition) is 1. The summed E-state index contributed by atoms with van der Waals surface area (Å²) >= 11 is 0. The third-order valence-electron chi connectivity index (χ3n) is 2.64. The highest BCUT2D eigenvalue weighted by molar-refractivity contribution is 5.97. The summed E-state index contributed by atoms with van der Waals surface area (Å²) in [6, 6.07) is 13.7. The van der Waals surface area contributed by atoms with Crippen LogP contribution in [0.5, 0.6) is 17.2 Å². The van der Waals surface area contributed by atoms with E-state index < -0.39 is 0 Å². The molecule has 0 aromatic heterocycles. The molecule has 1 N–H and O–H groups in total. The van der Waals surface area contributed by atoms with E-state index in [1.54, 1.807) is 24.3 Å². The van der Waals surface area contributed by atoms with E-state index in [-0.39, 0.29) is 18.1 Å². The smallest absolute Gasteiger partial charge is 0.243 e. The number of phenols is 1. The molecule has 21 heavy (non-hydrogen) atoms. The number of carbonyl (C=O) groups is 1. The Hall–Kier alpha value is -2.93. The van der Waals surface area contributed by atoms with Crippen LogP contribution >= 0.6 is 0 Å². The van der Waals surface area contributed by atoms with Gasteiger partial charge in [0, 0.05) is 5.56 Å². The lowest BCUT2D eigenvalue weighted by atomic mass is 10.2. The molecular weight excluding hydrogens is 268 g/mol. The van der Waals surface area contributed by atoms with Crippen LogP contribution in [0.4, 0.5) is 0 Å². The Bertz CT molecular complexity index is 681. The summed E-state index contributed by atoms with van der Waals surface area (Å²) in [5.41, 5.74) is 0.581. The number of phenolic OH excluding ortho intramolecular Hbond substituents is 1. The first kappa shape index (κ1) is 14.5. The van der Waals surface area contributed by atoms with E-state index in [0.29, 0.717) is 17.1 Å². The zero-order valence-electron chi connectivity index (χ0n) is 11.5. The molecule has 0 aliphatic heterocycles. The van der Waals surface area contributed by atoms with Gasteiger partial charge in [0.1, 0.15) is 5.75 Å². The maximum Gasteiger partial charge on any atom is 0.243 e. The first-order valence-corrected chi connectivity index (χ1v) is 6.29. The molecule has 0 heterocycles. The van der Waals surface area contributed by atoms with Crippen LogP contribution in [-0.2, 0) is 4.79 Å². The lowest BCUT2D eigenvalue weighted by molar-refractivity contribution is -0.115. The number of benzene rings is 2. The fourth-order valence-corrected chi connectivity index (χ4v) is 1.60. The van der Waals surface area contributed by atoms with Crippen LogP contribution in [0.15, 0.2) is 48.5 Å². The summed E-state index contributed by atoms with van der Waals surface area (Å²) in [5, 5.41) is 9.46. The Morgan fingerprint density at radius 3 is 2.67 bits per heavy atom. The van der Waals surface area contributed by atoms with Gasteiger partial charge >= 0.3 is 0 Å². The quantitative estimate of drug-likeness (QED) is 0.875. The summed E-state index contributed by atoms with van der Waals surface area (Å²) < 4.78 is 10.3. The first-order chi connectivity index (χ1) is 10.2. The Balaban J connectivity index is 1.97. The third-order valence-corrected chi connectivity index (χ3v) is 2.64. The maximum absolute atomic E-state index is 11.6. The second-order valence-corrected chi connectivity index (χ2v) is 4.16. The number of carbonyl (C=O) groups excluding carboxylic acids is 1.